The zero-order valence-electron chi connectivity index (χ0n) is 14.1. The second-order valence-corrected chi connectivity index (χ2v) is 8.09. The SMILES string of the molecule is O=C(C[NH+](Cc1cccs1)Cc1cccs1)NCCc1ccccc1. The van der Waals surface area contributed by atoms with E-state index in [1.54, 1.807) is 22.7 Å². The fourth-order valence-electron chi connectivity index (χ4n) is 2.79. The van der Waals surface area contributed by atoms with Gasteiger partial charge in [0.05, 0.1) is 9.75 Å². The van der Waals surface area contributed by atoms with Crippen molar-refractivity contribution < 1.29 is 9.69 Å². The van der Waals surface area contributed by atoms with Crippen LogP contribution in [0.4, 0.5) is 0 Å². The summed E-state index contributed by atoms with van der Waals surface area (Å²) in [4.78, 5) is 16.3. The molecule has 0 saturated heterocycles. The molecule has 0 saturated carbocycles. The Balaban J connectivity index is 1.50. The number of nitrogens with one attached hydrogen (secondary N) is 2. The van der Waals surface area contributed by atoms with E-state index in [1.807, 2.05) is 18.2 Å². The highest BCUT2D eigenvalue weighted by atomic mass is 32.1. The number of carbonyl (C=O) groups excluding carboxylic acids is 1. The Kier molecular flexibility index (Phi) is 6.79. The average Bonchev–Trinajstić information content (AvgIpc) is 3.30. The Bertz CT molecular complexity index is 703. The molecule has 5 heteroatoms. The summed E-state index contributed by atoms with van der Waals surface area (Å²) in [6.45, 7) is 2.97. The van der Waals surface area contributed by atoms with Crippen molar-refractivity contribution in [2.75, 3.05) is 13.1 Å². The molecule has 2 N–H and O–H groups in total. The Morgan fingerprint density at radius 1 is 0.880 bits per heavy atom. The van der Waals surface area contributed by atoms with Gasteiger partial charge in [0.25, 0.3) is 5.91 Å². The molecule has 0 aliphatic heterocycles. The van der Waals surface area contributed by atoms with E-state index < -0.39 is 0 Å². The molecule has 0 radical (unpaired) electrons. The molecule has 0 fully saturated rings. The van der Waals surface area contributed by atoms with E-state index in [0.29, 0.717) is 13.1 Å². The maximum atomic E-state index is 12.4. The number of amides is 1. The molecule has 0 aliphatic rings. The van der Waals surface area contributed by atoms with Crippen LogP contribution in [-0.4, -0.2) is 19.0 Å². The standard InChI is InChI=1S/C20H22N2OS2/c23-20(21-11-10-17-6-2-1-3-7-17)16-22(14-18-8-4-12-24-18)15-19-9-5-13-25-19/h1-9,12-13H,10-11,14-16H2,(H,21,23)/p+1. The molecule has 25 heavy (non-hydrogen) atoms. The number of thiophene rings is 2. The van der Waals surface area contributed by atoms with Gasteiger partial charge < -0.3 is 10.2 Å². The summed E-state index contributed by atoms with van der Waals surface area (Å²) in [5, 5.41) is 7.26. The van der Waals surface area contributed by atoms with E-state index >= 15 is 0 Å². The number of rotatable bonds is 9. The van der Waals surface area contributed by atoms with E-state index in [-0.39, 0.29) is 5.91 Å². The van der Waals surface area contributed by atoms with E-state index in [1.165, 1.54) is 20.2 Å². The lowest BCUT2D eigenvalue weighted by Crippen LogP contribution is -3.10. The third kappa shape index (κ3) is 6.12. The molecule has 1 aromatic carbocycles. The lowest BCUT2D eigenvalue weighted by Gasteiger charge is -2.18. The van der Waals surface area contributed by atoms with Crippen LogP contribution in [0.5, 0.6) is 0 Å². The van der Waals surface area contributed by atoms with E-state index in [2.05, 4.69) is 52.5 Å². The Morgan fingerprint density at radius 3 is 2.08 bits per heavy atom. The van der Waals surface area contributed by atoms with Crippen molar-refractivity contribution in [1.82, 2.24) is 5.32 Å². The third-order valence-electron chi connectivity index (χ3n) is 4.00. The van der Waals surface area contributed by atoms with Crippen molar-refractivity contribution in [2.24, 2.45) is 0 Å². The van der Waals surface area contributed by atoms with Gasteiger partial charge >= 0.3 is 0 Å². The minimum absolute atomic E-state index is 0.124. The Morgan fingerprint density at radius 2 is 1.52 bits per heavy atom. The molecule has 1 amide bonds. The average molecular weight is 372 g/mol. The first kappa shape index (κ1) is 17.9. The maximum absolute atomic E-state index is 12.4. The molecule has 3 rings (SSSR count). The topological polar surface area (TPSA) is 33.5 Å². The predicted octanol–water partition coefficient (Wildman–Crippen LogP) is 2.75. The first-order valence-electron chi connectivity index (χ1n) is 8.48. The summed E-state index contributed by atoms with van der Waals surface area (Å²) >= 11 is 3.51. The van der Waals surface area contributed by atoms with Crippen molar-refractivity contribution in [3.8, 4) is 0 Å². The van der Waals surface area contributed by atoms with E-state index in [0.717, 1.165) is 19.5 Å². The first-order valence-corrected chi connectivity index (χ1v) is 10.2. The molecule has 0 atom stereocenters. The van der Waals surface area contributed by atoms with Crippen molar-refractivity contribution in [3.63, 3.8) is 0 Å². The first-order chi connectivity index (χ1) is 12.3. The summed E-state index contributed by atoms with van der Waals surface area (Å²) in [5.74, 6) is 0.124. The number of hydrogen-bond donors (Lipinski definition) is 2. The summed E-state index contributed by atoms with van der Waals surface area (Å²) in [6, 6.07) is 18.7. The van der Waals surface area contributed by atoms with Gasteiger partial charge in [0.15, 0.2) is 6.54 Å². The van der Waals surface area contributed by atoms with Crippen LogP contribution >= 0.6 is 22.7 Å². The summed E-state index contributed by atoms with van der Waals surface area (Å²) < 4.78 is 0. The van der Waals surface area contributed by atoms with Crippen molar-refractivity contribution in [1.29, 1.82) is 0 Å². The van der Waals surface area contributed by atoms with Gasteiger partial charge in [0, 0.05) is 6.54 Å². The second kappa shape index (κ2) is 9.51. The van der Waals surface area contributed by atoms with Gasteiger partial charge in [-0.15, -0.1) is 22.7 Å². The van der Waals surface area contributed by atoms with E-state index in [4.69, 9.17) is 0 Å². The summed E-state index contributed by atoms with van der Waals surface area (Å²) in [7, 11) is 0. The summed E-state index contributed by atoms with van der Waals surface area (Å²) in [6.07, 6.45) is 0.873. The number of quaternary nitrogens is 1. The minimum Gasteiger partial charge on any atom is -0.351 e. The fourth-order valence-corrected chi connectivity index (χ4v) is 4.34. The molecule has 3 aromatic rings. The van der Waals surface area contributed by atoms with Gasteiger partial charge in [-0.2, -0.15) is 0 Å². The molecule has 0 spiro atoms. The monoisotopic (exact) mass is 371 g/mol. The van der Waals surface area contributed by atoms with E-state index in [9.17, 15) is 4.79 Å². The van der Waals surface area contributed by atoms with Gasteiger partial charge in [0.1, 0.15) is 13.1 Å². The number of benzene rings is 1. The van der Waals surface area contributed by atoms with Crippen LogP contribution < -0.4 is 10.2 Å². The molecule has 0 unspecified atom stereocenters. The van der Waals surface area contributed by atoms with Crippen LogP contribution in [0.1, 0.15) is 15.3 Å². The molecule has 0 bridgehead atoms. The van der Waals surface area contributed by atoms with Crippen molar-refractivity contribution >= 4 is 28.6 Å². The molecule has 130 valence electrons. The van der Waals surface area contributed by atoms with Gasteiger partial charge in [-0.25, -0.2) is 0 Å². The number of hydrogen-bond acceptors (Lipinski definition) is 3. The molecular formula is C20H23N2OS2+. The van der Waals surface area contributed by atoms with Crippen LogP contribution in [0.25, 0.3) is 0 Å². The third-order valence-corrected chi connectivity index (χ3v) is 5.75. The van der Waals surface area contributed by atoms with Gasteiger partial charge in [-0.1, -0.05) is 42.5 Å². The van der Waals surface area contributed by atoms with Gasteiger partial charge in [-0.05, 0) is 34.9 Å². The smallest absolute Gasteiger partial charge is 0.275 e. The largest absolute Gasteiger partial charge is 0.351 e. The lowest BCUT2D eigenvalue weighted by molar-refractivity contribution is -0.919. The summed E-state index contributed by atoms with van der Waals surface area (Å²) in [5.41, 5.74) is 1.25. The van der Waals surface area contributed by atoms with Crippen LogP contribution in [0.3, 0.4) is 0 Å². The van der Waals surface area contributed by atoms with Crippen LogP contribution in [0, 0.1) is 0 Å². The highest BCUT2D eigenvalue weighted by Gasteiger charge is 2.16. The normalized spacial score (nSPS) is 10.9. The zero-order valence-corrected chi connectivity index (χ0v) is 15.7. The molecule has 3 nitrogen and oxygen atoms in total. The van der Waals surface area contributed by atoms with Crippen LogP contribution in [-0.2, 0) is 24.3 Å². The lowest BCUT2D eigenvalue weighted by atomic mass is 10.1. The highest BCUT2D eigenvalue weighted by molar-refractivity contribution is 7.10. The molecule has 2 heterocycles. The quantitative estimate of drug-likeness (QED) is 0.596. The minimum atomic E-state index is 0.124. The number of carbonyl (C=O) groups is 1. The molecular weight excluding hydrogens is 348 g/mol. The highest BCUT2D eigenvalue weighted by Crippen LogP contribution is 2.08. The fraction of sp³-hybridized carbons (Fsp3) is 0.250. The molecule has 2 aromatic heterocycles. The van der Waals surface area contributed by atoms with Crippen molar-refractivity contribution in [2.45, 2.75) is 19.5 Å². The molecule has 0 aliphatic carbocycles. The zero-order chi connectivity index (χ0) is 17.3. The Hall–Kier alpha value is -1.95. The Labute approximate surface area is 156 Å². The second-order valence-electron chi connectivity index (χ2n) is 6.02. The maximum Gasteiger partial charge on any atom is 0.275 e. The van der Waals surface area contributed by atoms with Gasteiger partial charge in [-0.3, -0.25) is 4.79 Å². The predicted molar refractivity (Wildman–Crippen MR) is 105 cm³/mol. The van der Waals surface area contributed by atoms with Crippen LogP contribution in [0.15, 0.2) is 65.4 Å². The van der Waals surface area contributed by atoms with Crippen LogP contribution in [0.2, 0.25) is 0 Å². The van der Waals surface area contributed by atoms with Gasteiger partial charge in [0.2, 0.25) is 0 Å². The van der Waals surface area contributed by atoms with Crippen molar-refractivity contribution in [3.05, 3.63) is 80.7 Å².